The molecule has 14 heavy (non-hydrogen) atoms. The number of aromatic nitrogens is 2. The van der Waals surface area contributed by atoms with Gasteiger partial charge in [0.05, 0.1) is 17.9 Å². The summed E-state index contributed by atoms with van der Waals surface area (Å²) in [6.45, 7) is 7.91. The maximum absolute atomic E-state index is 5.61. The summed E-state index contributed by atoms with van der Waals surface area (Å²) in [5.41, 5.74) is 6.37. The van der Waals surface area contributed by atoms with E-state index in [4.69, 9.17) is 5.73 Å². The van der Waals surface area contributed by atoms with Crippen molar-refractivity contribution in [3.05, 3.63) is 12.4 Å². The molecule has 1 fully saturated rings. The second-order valence-electron chi connectivity index (χ2n) is 4.52. The topological polar surface area (TPSA) is 47.1 Å². The van der Waals surface area contributed by atoms with Crippen LogP contribution in [0.1, 0.15) is 19.9 Å². The van der Waals surface area contributed by atoms with Crippen LogP contribution in [0.15, 0.2) is 12.4 Å². The van der Waals surface area contributed by atoms with E-state index in [1.165, 1.54) is 6.54 Å². The molecule has 78 valence electrons. The quantitative estimate of drug-likeness (QED) is 0.780. The Hall–Kier alpha value is -1.03. The van der Waals surface area contributed by atoms with Crippen LogP contribution >= 0.6 is 0 Å². The number of anilines is 1. The first kappa shape index (κ1) is 9.52. The van der Waals surface area contributed by atoms with Crippen molar-refractivity contribution in [1.29, 1.82) is 0 Å². The van der Waals surface area contributed by atoms with Gasteiger partial charge in [0, 0.05) is 25.8 Å². The first-order valence-corrected chi connectivity index (χ1v) is 5.17. The number of nitrogens with two attached hydrogens (primary N) is 1. The van der Waals surface area contributed by atoms with Crippen molar-refractivity contribution in [2.24, 2.45) is 5.92 Å². The molecule has 0 spiro atoms. The van der Waals surface area contributed by atoms with Crippen LogP contribution in [0.25, 0.3) is 0 Å². The van der Waals surface area contributed by atoms with Gasteiger partial charge in [-0.2, -0.15) is 5.10 Å². The van der Waals surface area contributed by atoms with E-state index in [1.54, 1.807) is 6.20 Å². The predicted molar refractivity (Wildman–Crippen MR) is 57.0 cm³/mol. The van der Waals surface area contributed by atoms with Crippen molar-refractivity contribution in [1.82, 2.24) is 14.7 Å². The highest BCUT2D eigenvalue weighted by atomic mass is 15.4. The van der Waals surface area contributed by atoms with Gasteiger partial charge >= 0.3 is 0 Å². The van der Waals surface area contributed by atoms with Gasteiger partial charge in [0.1, 0.15) is 0 Å². The molecule has 0 unspecified atom stereocenters. The number of likely N-dealkylation sites (tertiary alicyclic amines) is 1. The van der Waals surface area contributed by atoms with Crippen LogP contribution in [0.4, 0.5) is 5.69 Å². The maximum atomic E-state index is 5.61. The molecule has 1 aliphatic heterocycles. The SMILES string of the molecule is CC(C)CN1CC(n2cc(N)cn2)C1. The highest BCUT2D eigenvalue weighted by Gasteiger charge is 2.28. The van der Waals surface area contributed by atoms with E-state index in [1.807, 2.05) is 10.9 Å². The van der Waals surface area contributed by atoms with E-state index in [0.717, 1.165) is 24.7 Å². The Morgan fingerprint density at radius 1 is 1.57 bits per heavy atom. The van der Waals surface area contributed by atoms with Gasteiger partial charge in [-0.05, 0) is 5.92 Å². The van der Waals surface area contributed by atoms with Crippen molar-refractivity contribution in [3.63, 3.8) is 0 Å². The molecular formula is C10H18N4. The summed E-state index contributed by atoms with van der Waals surface area (Å²) in [6.07, 6.45) is 3.63. The Labute approximate surface area is 84.7 Å². The minimum Gasteiger partial charge on any atom is -0.396 e. The van der Waals surface area contributed by atoms with Crippen LogP contribution in [0.2, 0.25) is 0 Å². The molecule has 4 nitrogen and oxygen atoms in total. The zero-order valence-electron chi connectivity index (χ0n) is 8.85. The summed E-state index contributed by atoms with van der Waals surface area (Å²) in [5.74, 6) is 0.749. The highest BCUT2D eigenvalue weighted by Crippen LogP contribution is 2.21. The zero-order valence-corrected chi connectivity index (χ0v) is 8.85. The Kier molecular flexibility index (Phi) is 2.46. The van der Waals surface area contributed by atoms with Crippen LogP contribution in [-0.2, 0) is 0 Å². The minimum atomic E-state index is 0.533. The minimum absolute atomic E-state index is 0.533. The molecule has 1 saturated heterocycles. The number of rotatable bonds is 3. The summed E-state index contributed by atoms with van der Waals surface area (Å²) in [6, 6.07) is 0.533. The number of nitrogen functional groups attached to an aromatic ring is 1. The Morgan fingerprint density at radius 3 is 2.79 bits per heavy atom. The van der Waals surface area contributed by atoms with Crippen molar-refractivity contribution >= 4 is 5.69 Å². The molecule has 0 aliphatic carbocycles. The van der Waals surface area contributed by atoms with E-state index in [2.05, 4.69) is 23.8 Å². The molecule has 1 aromatic heterocycles. The van der Waals surface area contributed by atoms with Gasteiger partial charge in [-0.15, -0.1) is 0 Å². The Morgan fingerprint density at radius 2 is 2.29 bits per heavy atom. The summed E-state index contributed by atoms with van der Waals surface area (Å²) in [4.78, 5) is 2.45. The van der Waals surface area contributed by atoms with E-state index >= 15 is 0 Å². The van der Waals surface area contributed by atoms with Gasteiger partial charge in [0.2, 0.25) is 0 Å². The predicted octanol–water partition coefficient (Wildman–Crippen LogP) is 0.978. The number of nitrogens with zero attached hydrogens (tertiary/aromatic N) is 3. The lowest BCUT2D eigenvalue weighted by atomic mass is 10.1. The lowest BCUT2D eigenvalue weighted by Gasteiger charge is -2.40. The zero-order chi connectivity index (χ0) is 10.1. The second-order valence-corrected chi connectivity index (χ2v) is 4.52. The van der Waals surface area contributed by atoms with E-state index in [0.29, 0.717) is 6.04 Å². The van der Waals surface area contributed by atoms with Crippen LogP contribution in [-0.4, -0.2) is 34.3 Å². The van der Waals surface area contributed by atoms with Gasteiger partial charge in [0.15, 0.2) is 0 Å². The van der Waals surface area contributed by atoms with Crippen LogP contribution < -0.4 is 5.73 Å². The molecule has 0 saturated carbocycles. The maximum Gasteiger partial charge on any atom is 0.0773 e. The fourth-order valence-electron chi connectivity index (χ4n) is 1.93. The van der Waals surface area contributed by atoms with Crippen LogP contribution in [0.3, 0.4) is 0 Å². The molecule has 0 radical (unpaired) electrons. The van der Waals surface area contributed by atoms with Gasteiger partial charge in [-0.3, -0.25) is 9.58 Å². The van der Waals surface area contributed by atoms with Gasteiger partial charge in [0.25, 0.3) is 0 Å². The average Bonchev–Trinajstić information content (AvgIpc) is 2.42. The normalized spacial score (nSPS) is 18.8. The van der Waals surface area contributed by atoms with Crippen LogP contribution in [0.5, 0.6) is 0 Å². The average molecular weight is 194 g/mol. The molecule has 0 amide bonds. The highest BCUT2D eigenvalue weighted by molar-refractivity contribution is 5.30. The van der Waals surface area contributed by atoms with Crippen molar-refractivity contribution in [2.45, 2.75) is 19.9 Å². The molecule has 0 aromatic carbocycles. The van der Waals surface area contributed by atoms with E-state index < -0.39 is 0 Å². The molecule has 2 N–H and O–H groups in total. The lowest BCUT2D eigenvalue weighted by molar-refractivity contribution is 0.0860. The van der Waals surface area contributed by atoms with Crippen molar-refractivity contribution in [3.8, 4) is 0 Å². The standard InChI is InChI=1S/C10H18N4/c1-8(2)4-13-6-10(7-13)14-5-9(11)3-12-14/h3,5,8,10H,4,6-7,11H2,1-2H3. The molecule has 1 aromatic rings. The summed E-state index contributed by atoms with van der Waals surface area (Å²) >= 11 is 0. The van der Waals surface area contributed by atoms with Gasteiger partial charge < -0.3 is 5.73 Å². The molecule has 0 atom stereocenters. The fraction of sp³-hybridized carbons (Fsp3) is 0.700. The Balaban J connectivity index is 1.83. The third-order valence-corrected chi connectivity index (χ3v) is 2.56. The molecule has 1 aliphatic rings. The van der Waals surface area contributed by atoms with E-state index in [9.17, 15) is 0 Å². The lowest BCUT2D eigenvalue weighted by Crippen LogP contribution is -2.49. The largest absolute Gasteiger partial charge is 0.396 e. The smallest absolute Gasteiger partial charge is 0.0773 e. The first-order valence-electron chi connectivity index (χ1n) is 5.17. The molecule has 2 rings (SSSR count). The summed E-state index contributed by atoms with van der Waals surface area (Å²) < 4.78 is 1.98. The third kappa shape index (κ3) is 1.90. The fourth-order valence-corrected chi connectivity index (χ4v) is 1.93. The number of hydrogen-bond donors (Lipinski definition) is 1. The molecular weight excluding hydrogens is 176 g/mol. The van der Waals surface area contributed by atoms with Crippen molar-refractivity contribution < 1.29 is 0 Å². The monoisotopic (exact) mass is 194 g/mol. The first-order chi connectivity index (χ1) is 6.65. The van der Waals surface area contributed by atoms with Gasteiger partial charge in [-0.25, -0.2) is 0 Å². The molecule has 0 bridgehead atoms. The van der Waals surface area contributed by atoms with Crippen molar-refractivity contribution in [2.75, 3.05) is 25.4 Å². The molecule has 2 heterocycles. The summed E-state index contributed by atoms with van der Waals surface area (Å²) in [5, 5.41) is 4.22. The van der Waals surface area contributed by atoms with E-state index in [-0.39, 0.29) is 0 Å². The van der Waals surface area contributed by atoms with Crippen LogP contribution in [0, 0.1) is 5.92 Å². The summed E-state index contributed by atoms with van der Waals surface area (Å²) in [7, 11) is 0. The van der Waals surface area contributed by atoms with Gasteiger partial charge in [-0.1, -0.05) is 13.8 Å². The Bertz CT molecular complexity index is 299. The molecule has 4 heteroatoms. The number of hydrogen-bond acceptors (Lipinski definition) is 3. The third-order valence-electron chi connectivity index (χ3n) is 2.56. The second kappa shape index (κ2) is 3.61.